The number of nitrogens with zero attached hydrogens (tertiary/aromatic N) is 2. The number of ether oxygens (including phenoxy) is 2. The van der Waals surface area contributed by atoms with Crippen molar-refractivity contribution >= 4 is 5.65 Å². The summed E-state index contributed by atoms with van der Waals surface area (Å²) in [6.45, 7) is 0.156. The van der Waals surface area contributed by atoms with Crippen molar-refractivity contribution in [3.63, 3.8) is 0 Å². The first-order chi connectivity index (χ1) is 13.0. The van der Waals surface area contributed by atoms with E-state index in [2.05, 4.69) is 15.0 Å². The van der Waals surface area contributed by atoms with Gasteiger partial charge in [0.25, 0.3) is 0 Å². The normalized spacial score (nSPS) is 14.6. The highest BCUT2D eigenvalue weighted by molar-refractivity contribution is 5.69. The second-order valence-electron chi connectivity index (χ2n) is 6.48. The van der Waals surface area contributed by atoms with Crippen LogP contribution in [-0.4, -0.2) is 36.2 Å². The van der Waals surface area contributed by atoms with E-state index < -0.39 is 6.61 Å². The van der Waals surface area contributed by atoms with Crippen LogP contribution < -0.4 is 14.8 Å². The number of nitrogens with one attached hydrogen (secondary N) is 1. The van der Waals surface area contributed by atoms with Gasteiger partial charge in [-0.3, -0.25) is 4.40 Å². The summed E-state index contributed by atoms with van der Waals surface area (Å²) in [5.41, 5.74) is 2.77. The van der Waals surface area contributed by atoms with Crippen molar-refractivity contribution in [2.45, 2.75) is 19.5 Å². The third-order valence-electron chi connectivity index (χ3n) is 4.89. The number of halogens is 3. The number of alkyl halides is 2. The SMILES string of the molecule is COc1cc(-c2cnc3cc(C4CNC4)c(F)cn23)cc(OC(F)F)c1C. The topological polar surface area (TPSA) is 47.8 Å². The first-order valence-electron chi connectivity index (χ1n) is 8.49. The molecule has 1 saturated heterocycles. The second-order valence-corrected chi connectivity index (χ2v) is 6.48. The zero-order valence-electron chi connectivity index (χ0n) is 14.8. The van der Waals surface area contributed by atoms with Crippen molar-refractivity contribution in [1.82, 2.24) is 14.7 Å². The fourth-order valence-corrected chi connectivity index (χ4v) is 3.29. The van der Waals surface area contributed by atoms with E-state index in [1.165, 1.54) is 19.4 Å². The van der Waals surface area contributed by atoms with Gasteiger partial charge in [0.2, 0.25) is 0 Å². The lowest BCUT2D eigenvalue weighted by atomic mass is 9.94. The van der Waals surface area contributed by atoms with Crippen LogP contribution in [-0.2, 0) is 0 Å². The van der Waals surface area contributed by atoms with E-state index in [0.717, 1.165) is 13.1 Å². The van der Waals surface area contributed by atoms with E-state index in [-0.39, 0.29) is 17.5 Å². The largest absolute Gasteiger partial charge is 0.496 e. The molecule has 0 amide bonds. The van der Waals surface area contributed by atoms with Crippen LogP contribution in [0.25, 0.3) is 16.9 Å². The first-order valence-corrected chi connectivity index (χ1v) is 8.49. The van der Waals surface area contributed by atoms with Gasteiger partial charge in [-0.2, -0.15) is 8.78 Å². The fraction of sp³-hybridized carbons (Fsp3) is 0.316. The number of hydrogen-bond acceptors (Lipinski definition) is 4. The fourth-order valence-electron chi connectivity index (χ4n) is 3.29. The maximum absolute atomic E-state index is 14.6. The molecule has 0 aliphatic carbocycles. The maximum Gasteiger partial charge on any atom is 0.387 e. The Labute approximate surface area is 153 Å². The number of benzene rings is 1. The van der Waals surface area contributed by atoms with Gasteiger partial charge in [0.05, 0.1) is 19.0 Å². The van der Waals surface area contributed by atoms with E-state index >= 15 is 0 Å². The van der Waals surface area contributed by atoms with Crippen molar-refractivity contribution < 1.29 is 22.6 Å². The number of fused-ring (bicyclic) bond motifs is 1. The summed E-state index contributed by atoms with van der Waals surface area (Å²) in [6.07, 6.45) is 2.96. The number of rotatable bonds is 5. The van der Waals surface area contributed by atoms with Crippen LogP contribution in [0.5, 0.6) is 11.5 Å². The molecule has 1 fully saturated rings. The molecular weight excluding hydrogens is 359 g/mol. The second kappa shape index (κ2) is 6.77. The molecule has 3 heterocycles. The van der Waals surface area contributed by atoms with Crippen LogP contribution in [0.15, 0.2) is 30.6 Å². The summed E-state index contributed by atoms with van der Waals surface area (Å²) in [5.74, 6) is 0.222. The summed E-state index contributed by atoms with van der Waals surface area (Å²) in [6, 6.07) is 4.90. The molecule has 1 aliphatic rings. The molecule has 1 aliphatic heterocycles. The van der Waals surface area contributed by atoms with E-state index in [9.17, 15) is 13.2 Å². The molecule has 0 spiro atoms. The highest BCUT2D eigenvalue weighted by Crippen LogP contribution is 2.36. The summed E-state index contributed by atoms with van der Waals surface area (Å²) < 4.78 is 51.6. The molecule has 1 aromatic carbocycles. The van der Waals surface area contributed by atoms with Crippen molar-refractivity contribution in [3.05, 3.63) is 47.5 Å². The van der Waals surface area contributed by atoms with Crippen molar-refractivity contribution in [2.24, 2.45) is 0 Å². The van der Waals surface area contributed by atoms with Crippen LogP contribution in [0.2, 0.25) is 0 Å². The highest BCUT2D eigenvalue weighted by atomic mass is 19.3. The molecule has 27 heavy (non-hydrogen) atoms. The van der Waals surface area contributed by atoms with Crippen molar-refractivity contribution in [2.75, 3.05) is 20.2 Å². The van der Waals surface area contributed by atoms with Gasteiger partial charge in [-0.1, -0.05) is 0 Å². The van der Waals surface area contributed by atoms with Crippen molar-refractivity contribution in [1.29, 1.82) is 0 Å². The van der Waals surface area contributed by atoms with Crippen LogP contribution in [0.1, 0.15) is 17.0 Å². The average molecular weight is 377 g/mol. The smallest absolute Gasteiger partial charge is 0.387 e. The lowest BCUT2D eigenvalue weighted by Gasteiger charge is -2.27. The molecule has 2 aromatic heterocycles. The van der Waals surface area contributed by atoms with Crippen LogP contribution >= 0.6 is 0 Å². The highest BCUT2D eigenvalue weighted by Gasteiger charge is 2.24. The Morgan fingerprint density at radius 2 is 1.96 bits per heavy atom. The minimum atomic E-state index is -2.96. The first kappa shape index (κ1) is 17.7. The number of aromatic nitrogens is 2. The maximum atomic E-state index is 14.6. The summed E-state index contributed by atoms with van der Waals surface area (Å²) in [4.78, 5) is 4.35. The molecular formula is C19H18F3N3O2. The Morgan fingerprint density at radius 3 is 2.59 bits per heavy atom. The third kappa shape index (κ3) is 3.10. The lowest BCUT2D eigenvalue weighted by Crippen LogP contribution is -2.40. The molecule has 0 atom stereocenters. The van der Waals surface area contributed by atoms with Gasteiger partial charge in [-0.05, 0) is 30.7 Å². The molecule has 0 radical (unpaired) electrons. The van der Waals surface area contributed by atoms with Gasteiger partial charge >= 0.3 is 6.61 Å². The summed E-state index contributed by atoms with van der Waals surface area (Å²) in [5, 5.41) is 3.12. The lowest BCUT2D eigenvalue weighted by molar-refractivity contribution is -0.0503. The standard InChI is InChI=1S/C19H18F3N3O2/c1-10-16(26-2)3-11(4-17(10)27-19(21)22)15-8-24-18-5-13(12-6-23-7-12)14(20)9-25(15)18/h3-5,8-9,12,19,23H,6-7H2,1-2H3. The average Bonchev–Trinajstić information content (AvgIpc) is 2.98. The quantitative estimate of drug-likeness (QED) is 0.736. The molecule has 0 saturated carbocycles. The number of pyridine rings is 1. The third-order valence-corrected chi connectivity index (χ3v) is 4.89. The minimum Gasteiger partial charge on any atom is -0.496 e. The van der Waals surface area contributed by atoms with Gasteiger partial charge < -0.3 is 14.8 Å². The Kier molecular flexibility index (Phi) is 4.43. The van der Waals surface area contributed by atoms with E-state index in [1.807, 2.05) is 0 Å². The summed E-state index contributed by atoms with van der Waals surface area (Å²) >= 11 is 0. The molecule has 0 unspecified atom stereocenters. The Morgan fingerprint density at radius 1 is 1.22 bits per heavy atom. The van der Waals surface area contributed by atoms with E-state index in [1.54, 1.807) is 29.7 Å². The van der Waals surface area contributed by atoms with Gasteiger partial charge in [-0.15, -0.1) is 0 Å². The number of hydrogen-bond donors (Lipinski definition) is 1. The van der Waals surface area contributed by atoms with Crippen LogP contribution in [0, 0.1) is 12.7 Å². The number of imidazole rings is 1. The Bertz CT molecular complexity index is 1000. The summed E-state index contributed by atoms with van der Waals surface area (Å²) in [7, 11) is 1.45. The Balaban J connectivity index is 1.83. The molecule has 5 nitrogen and oxygen atoms in total. The van der Waals surface area contributed by atoms with Gasteiger partial charge in [0.15, 0.2) is 0 Å². The monoisotopic (exact) mass is 377 g/mol. The molecule has 3 aromatic rings. The van der Waals surface area contributed by atoms with E-state index in [4.69, 9.17) is 4.74 Å². The minimum absolute atomic E-state index is 0.00642. The molecule has 142 valence electrons. The zero-order chi connectivity index (χ0) is 19.1. The Hall–Kier alpha value is -2.74. The van der Waals surface area contributed by atoms with Crippen LogP contribution in [0.3, 0.4) is 0 Å². The molecule has 1 N–H and O–H groups in total. The van der Waals surface area contributed by atoms with E-state index in [0.29, 0.717) is 33.8 Å². The van der Waals surface area contributed by atoms with Gasteiger partial charge in [0, 0.05) is 36.3 Å². The number of methoxy groups -OCH3 is 1. The molecule has 8 heteroatoms. The predicted molar refractivity (Wildman–Crippen MR) is 94.1 cm³/mol. The van der Waals surface area contributed by atoms with Crippen LogP contribution in [0.4, 0.5) is 13.2 Å². The molecule has 4 rings (SSSR count). The van der Waals surface area contributed by atoms with Crippen molar-refractivity contribution in [3.8, 4) is 22.8 Å². The molecule has 0 bridgehead atoms. The van der Waals surface area contributed by atoms with Gasteiger partial charge in [0.1, 0.15) is 23.0 Å². The predicted octanol–water partition coefficient (Wildman–Crippen LogP) is 3.75. The van der Waals surface area contributed by atoms with Gasteiger partial charge in [-0.25, -0.2) is 9.37 Å². The zero-order valence-corrected chi connectivity index (χ0v) is 14.8.